The fourth-order valence-corrected chi connectivity index (χ4v) is 2.02. The summed E-state index contributed by atoms with van der Waals surface area (Å²) in [7, 11) is 0. The summed E-state index contributed by atoms with van der Waals surface area (Å²) in [5.74, 6) is 1.50. The summed E-state index contributed by atoms with van der Waals surface area (Å²) in [5, 5.41) is 0. The van der Waals surface area contributed by atoms with Crippen LogP contribution in [0.15, 0.2) is 65.2 Å². The quantitative estimate of drug-likeness (QED) is 0.661. The van der Waals surface area contributed by atoms with Gasteiger partial charge in [0.1, 0.15) is 5.76 Å². The number of hydrogen-bond donors (Lipinski definition) is 0. The lowest BCUT2D eigenvalue weighted by molar-refractivity contribution is 0.542. The zero-order valence-corrected chi connectivity index (χ0v) is 10.1. The molecule has 0 spiro atoms. The molecule has 0 bridgehead atoms. The van der Waals surface area contributed by atoms with E-state index in [1.165, 1.54) is 5.56 Å². The second kappa shape index (κ2) is 4.49. The number of nitrogens with zero attached hydrogens (tertiary/aromatic N) is 1. The van der Waals surface area contributed by atoms with Crippen molar-refractivity contribution in [1.82, 2.24) is 4.98 Å². The van der Waals surface area contributed by atoms with Gasteiger partial charge < -0.3 is 4.42 Å². The number of aromatic nitrogens is 1. The van der Waals surface area contributed by atoms with Gasteiger partial charge >= 0.3 is 0 Å². The van der Waals surface area contributed by atoms with Crippen molar-refractivity contribution in [2.45, 2.75) is 6.92 Å². The van der Waals surface area contributed by atoms with Gasteiger partial charge in [-0.05, 0) is 24.1 Å². The topological polar surface area (TPSA) is 26.0 Å². The van der Waals surface area contributed by atoms with Crippen LogP contribution in [0.5, 0.6) is 0 Å². The van der Waals surface area contributed by atoms with E-state index in [4.69, 9.17) is 4.42 Å². The molecule has 0 atom stereocenters. The Morgan fingerprint density at radius 2 is 1.50 bits per heavy atom. The van der Waals surface area contributed by atoms with Gasteiger partial charge in [-0.15, -0.1) is 0 Å². The van der Waals surface area contributed by atoms with E-state index in [-0.39, 0.29) is 0 Å². The molecule has 2 heteroatoms. The highest BCUT2D eigenvalue weighted by Gasteiger charge is 2.10. The van der Waals surface area contributed by atoms with E-state index in [0.29, 0.717) is 5.89 Å². The standard InChI is InChI=1S/C16H13NO/c1-12-11-17-16(18-12)15-10-6-5-9-14(15)13-7-3-2-4-8-13/h2-11H,1H3. The number of benzene rings is 2. The Morgan fingerprint density at radius 3 is 2.17 bits per heavy atom. The van der Waals surface area contributed by atoms with E-state index in [1.54, 1.807) is 6.20 Å². The van der Waals surface area contributed by atoms with Crippen LogP contribution in [0, 0.1) is 6.92 Å². The first-order chi connectivity index (χ1) is 8.84. The molecular formula is C16H13NO. The lowest BCUT2D eigenvalue weighted by Gasteiger charge is -2.06. The fraction of sp³-hybridized carbons (Fsp3) is 0.0625. The first kappa shape index (κ1) is 10.8. The Labute approximate surface area is 106 Å². The number of oxazole rings is 1. The van der Waals surface area contributed by atoms with Gasteiger partial charge in [0.2, 0.25) is 5.89 Å². The predicted octanol–water partition coefficient (Wildman–Crippen LogP) is 4.32. The van der Waals surface area contributed by atoms with Crippen molar-refractivity contribution in [2.24, 2.45) is 0 Å². The monoisotopic (exact) mass is 235 g/mol. The molecule has 0 aliphatic rings. The predicted molar refractivity (Wildman–Crippen MR) is 72.1 cm³/mol. The number of rotatable bonds is 2. The number of aryl methyl sites for hydroxylation is 1. The van der Waals surface area contributed by atoms with E-state index < -0.39 is 0 Å². The van der Waals surface area contributed by atoms with E-state index in [0.717, 1.165) is 16.9 Å². The van der Waals surface area contributed by atoms with Gasteiger partial charge in [0, 0.05) is 5.56 Å². The second-order valence-electron chi connectivity index (χ2n) is 4.19. The summed E-state index contributed by atoms with van der Waals surface area (Å²) in [4.78, 5) is 4.31. The van der Waals surface area contributed by atoms with E-state index in [1.807, 2.05) is 43.3 Å². The van der Waals surface area contributed by atoms with E-state index in [2.05, 4.69) is 23.2 Å². The van der Waals surface area contributed by atoms with Crippen molar-refractivity contribution >= 4 is 0 Å². The molecular weight excluding hydrogens is 222 g/mol. The van der Waals surface area contributed by atoms with Gasteiger partial charge in [0.05, 0.1) is 6.20 Å². The minimum atomic E-state index is 0.673. The molecule has 2 nitrogen and oxygen atoms in total. The summed E-state index contributed by atoms with van der Waals surface area (Å²) in [6.45, 7) is 1.90. The Kier molecular flexibility index (Phi) is 2.69. The molecule has 0 saturated carbocycles. The van der Waals surface area contributed by atoms with Gasteiger partial charge in [-0.25, -0.2) is 4.98 Å². The van der Waals surface area contributed by atoms with Crippen LogP contribution in [0.3, 0.4) is 0 Å². The molecule has 0 aliphatic carbocycles. The normalized spacial score (nSPS) is 10.5. The van der Waals surface area contributed by atoms with Crippen LogP contribution in [0.4, 0.5) is 0 Å². The van der Waals surface area contributed by atoms with E-state index >= 15 is 0 Å². The summed E-state index contributed by atoms with van der Waals surface area (Å²) < 4.78 is 5.62. The highest BCUT2D eigenvalue weighted by Crippen LogP contribution is 2.31. The zero-order valence-electron chi connectivity index (χ0n) is 10.1. The Hall–Kier alpha value is -2.35. The van der Waals surface area contributed by atoms with Crippen LogP contribution in [0.25, 0.3) is 22.6 Å². The zero-order chi connectivity index (χ0) is 12.4. The summed E-state index contributed by atoms with van der Waals surface area (Å²) in [6.07, 6.45) is 1.75. The summed E-state index contributed by atoms with van der Waals surface area (Å²) >= 11 is 0. The van der Waals surface area contributed by atoms with E-state index in [9.17, 15) is 0 Å². The molecule has 1 heterocycles. The van der Waals surface area contributed by atoms with Gasteiger partial charge in [-0.1, -0.05) is 48.5 Å². The molecule has 2 aromatic carbocycles. The molecule has 0 saturated heterocycles. The minimum Gasteiger partial charge on any atom is -0.441 e. The van der Waals surface area contributed by atoms with Crippen molar-refractivity contribution < 1.29 is 4.42 Å². The molecule has 0 aliphatic heterocycles. The molecule has 0 radical (unpaired) electrons. The molecule has 1 aromatic heterocycles. The van der Waals surface area contributed by atoms with Crippen molar-refractivity contribution in [3.8, 4) is 22.6 Å². The third-order valence-corrected chi connectivity index (χ3v) is 2.86. The van der Waals surface area contributed by atoms with Crippen LogP contribution in [0.1, 0.15) is 5.76 Å². The first-order valence-electron chi connectivity index (χ1n) is 5.92. The fourth-order valence-electron chi connectivity index (χ4n) is 2.02. The van der Waals surface area contributed by atoms with Crippen LogP contribution in [-0.4, -0.2) is 4.98 Å². The Balaban J connectivity index is 2.17. The van der Waals surface area contributed by atoms with Crippen molar-refractivity contribution in [3.05, 3.63) is 66.6 Å². The van der Waals surface area contributed by atoms with Crippen LogP contribution in [-0.2, 0) is 0 Å². The maximum absolute atomic E-state index is 5.62. The second-order valence-corrected chi connectivity index (χ2v) is 4.19. The molecule has 3 aromatic rings. The average molecular weight is 235 g/mol. The summed E-state index contributed by atoms with van der Waals surface area (Å²) in [6, 6.07) is 18.4. The molecule has 88 valence electrons. The molecule has 0 unspecified atom stereocenters. The molecule has 0 fully saturated rings. The van der Waals surface area contributed by atoms with Gasteiger partial charge in [0.15, 0.2) is 0 Å². The third kappa shape index (κ3) is 1.93. The summed E-state index contributed by atoms with van der Waals surface area (Å²) in [5.41, 5.74) is 3.33. The smallest absolute Gasteiger partial charge is 0.226 e. The minimum absolute atomic E-state index is 0.673. The van der Waals surface area contributed by atoms with Gasteiger partial charge in [-0.3, -0.25) is 0 Å². The lowest BCUT2D eigenvalue weighted by Crippen LogP contribution is -1.84. The highest BCUT2D eigenvalue weighted by atomic mass is 16.4. The molecule has 0 amide bonds. The first-order valence-corrected chi connectivity index (χ1v) is 5.92. The molecule has 3 rings (SSSR count). The van der Waals surface area contributed by atoms with Crippen molar-refractivity contribution in [1.29, 1.82) is 0 Å². The third-order valence-electron chi connectivity index (χ3n) is 2.86. The van der Waals surface area contributed by atoms with Crippen molar-refractivity contribution in [3.63, 3.8) is 0 Å². The number of hydrogen-bond acceptors (Lipinski definition) is 2. The maximum Gasteiger partial charge on any atom is 0.226 e. The average Bonchev–Trinajstić information content (AvgIpc) is 2.86. The van der Waals surface area contributed by atoms with Gasteiger partial charge in [-0.2, -0.15) is 0 Å². The highest BCUT2D eigenvalue weighted by molar-refractivity contribution is 5.79. The lowest BCUT2D eigenvalue weighted by atomic mass is 10.00. The Bertz CT molecular complexity index is 656. The SMILES string of the molecule is Cc1cnc(-c2ccccc2-c2ccccc2)o1. The molecule has 0 N–H and O–H groups in total. The van der Waals surface area contributed by atoms with Gasteiger partial charge in [0.25, 0.3) is 0 Å². The van der Waals surface area contributed by atoms with Crippen LogP contribution in [0.2, 0.25) is 0 Å². The molecule has 18 heavy (non-hydrogen) atoms. The largest absolute Gasteiger partial charge is 0.441 e. The van der Waals surface area contributed by atoms with Crippen LogP contribution < -0.4 is 0 Å². The Morgan fingerprint density at radius 1 is 0.833 bits per heavy atom. The van der Waals surface area contributed by atoms with Crippen molar-refractivity contribution in [2.75, 3.05) is 0 Å². The van der Waals surface area contributed by atoms with Crippen LogP contribution >= 0.6 is 0 Å². The maximum atomic E-state index is 5.62.